The normalized spacial score (nSPS) is 9.00. The number of hydrogen-bond acceptors (Lipinski definition) is 3. The molecule has 0 rings (SSSR count). The van der Waals surface area contributed by atoms with Crippen molar-refractivity contribution >= 4 is 0 Å². The van der Waals surface area contributed by atoms with Crippen LogP contribution in [0.1, 0.15) is 34.6 Å². The van der Waals surface area contributed by atoms with Gasteiger partial charge in [0.2, 0.25) is 0 Å². The van der Waals surface area contributed by atoms with Gasteiger partial charge < -0.3 is 4.84 Å². The Morgan fingerprint density at radius 3 is 1.56 bits per heavy atom. The molecule has 0 fully saturated rings. The maximum atomic E-state index is 9.35. The zero-order valence-corrected chi connectivity index (χ0v) is 6.76. The van der Waals surface area contributed by atoms with Crippen molar-refractivity contribution in [1.82, 2.24) is 0 Å². The monoisotopic (exact) mass is 133 g/mol. The van der Waals surface area contributed by atoms with Crippen LogP contribution in [-0.4, -0.2) is 5.60 Å². The van der Waals surface area contributed by atoms with E-state index in [0.717, 1.165) is 0 Å². The first-order chi connectivity index (χ1) is 4.06. The molecule has 0 radical (unpaired) electrons. The maximum absolute atomic E-state index is 9.35. The molecule has 0 aliphatic heterocycles. The van der Waals surface area contributed by atoms with E-state index >= 15 is 0 Å². The zero-order valence-electron chi connectivity index (χ0n) is 6.76. The Hall–Kier alpha value is -0.600. The molecule has 0 aromatic rings. The molecule has 0 spiro atoms. The molecule has 0 amide bonds. The van der Waals surface area contributed by atoms with Gasteiger partial charge in [0.1, 0.15) is 5.60 Å². The molecule has 0 aromatic heterocycles. The van der Waals surface area contributed by atoms with Gasteiger partial charge in [0.15, 0.2) is 5.34 Å². The first kappa shape index (κ1) is 11.2. The van der Waals surface area contributed by atoms with Crippen molar-refractivity contribution in [2.75, 3.05) is 0 Å². The van der Waals surface area contributed by atoms with Crippen LogP contribution in [0.3, 0.4) is 0 Å². The van der Waals surface area contributed by atoms with Crippen LogP contribution >= 0.6 is 0 Å². The minimum atomic E-state index is -0.429. The smallest absolute Gasteiger partial charge is 0.155 e. The van der Waals surface area contributed by atoms with E-state index in [0.29, 0.717) is 0 Å². The predicted octanol–water partition coefficient (Wildman–Crippen LogP) is 2.51. The lowest BCUT2D eigenvalue weighted by atomic mass is 10.2. The van der Waals surface area contributed by atoms with E-state index in [9.17, 15) is 4.91 Å². The topological polar surface area (TPSA) is 38.7 Å². The van der Waals surface area contributed by atoms with Crippen LogP contribution in [0.25, 0.3) is 0 Å². The average molecular weight is 133 g/mol. The molecule has 0 atom stereocenters. The Bertz CT molecular complexity index is 65.9. The third kappa shape index (κ3) is 18.7. The van der Waals surface area contributed by atoms with Crippen LogP contribution in [-0.2, 0) is 4.84 Å². The van der Waals surface area contributed by atoms with Gasteiger partial charge in [-0.2, -0.15) is 0 Å². The van der Waals surface area contributed by atoms with Gasteiger partial charge in [-0.05, 0) is 20.8 Å². The molecule has 0 aliphatic rings. The van der Waals surface area contributed by atoms with Crippen LogP contribution in [0.2, 0.25) is 0 Å². The molecule has 0 aromatic carbocycles. The number of nitrogens with zero attached hydrogens (tertiary/aromatic N) is 1. The molecule has 0 N–H and O–H groups in total. The van der Waals surface area contributed by atoms with Crippen molar-refractivity contribution in [2.45, 2.75) is 40.2 Å². The van der Waals surface area contributed by atoms with E-state index in [1.807, 2.05) is 13.8 Å². The Labute approximate surface area is 56.3 Å². The van der Waals surface area contributed by atoms with E-state index < -0.39 is 5.60 Å². The van der Waals surface area contributed by atoms with Gasteiger partial charge in [0.25, 0.3) is 0 Å². The Morgan fingerprint density at radius 1 is 1.22 bits per heavy atom. The Kier molecular flexibility index (Phi) is 6.91. The fraction of sp³-hybridized carbons (Fsp3) is 1.00. The van der Waals surface area contributed by atoms with Gasteiger partial charge in [-0.25, -0.2) is 0 Å². The third-order valence-electron chi connectivity index (χ3n) is 0.311. The van der Waals surface area contributed by atoms with Crippen LogP contribution in [0, 0.1) is 4.91 Å². The van der Waals surface area contributed by atoms with E-state index in [2.05, 4.69) is 10.2 Å². The second-order valence-corrected chi connectivity index (χ2v) is 2.28. The van der Waals surface area contributed by atoms with E-state index in [1.54, 1.807) is 20.8 Å². The van der Waals surface area contributed by atoms with Gasteiger partial charge in [-0.1, -0.05) is 13.8 Å². The molecule has 0 unspecified atom stereocenters. The maximum Gasteiger partial charge on any atom is 0.155 e. The second kappa shape index (κ2) is 5.54. The van der Waals surface area contributed by atoms with Crippen molar-refractivity contribution < 1.29 is 4.84 Å². The first-order valence-corrected chi connectivity index (χ1v) is 3.07. The molecule has 0 aliphatic carbocycles. The van der Waals surface area contributed by atoms with Gasteiger partial charge in [-0.3, -0.25) is 0 Å². The van der Waals surface area contributed by atoms with Crippen LogP contribution in [0.15, 0.2) is 5.34 Å². The highest BCUT2D eigenvalue weighted by molar-refractivity contribution is 4.55. The van der Waals surface area contributed by atoms with Gasteiger partial charge in [-0.15, -0.1) is 4.91 Å². The summed E-state index contributed by atoms with van der Waals surface area (Å²) in [4.78, 5) is 13.6. The lowest BCUT2D eigenvalue weighted by Gasteiger charge is -2.11. The van der Waals surface area contributed by atoms with E-state index in [4.69, 9.17) is 0 Å². The van der Waals surface area contributed by atoms with Crippen molar-refractivity contribution in [2.24, 2.45) is 5.34 Å². The molecule has 9 heavy (non-hydrogen) atoms. The zero-order chi connectivity index (χ0) is 7.91. The van der Waals surface area contributed by atoms with Crippen LogP contribution in [0.4, 0.5) is 0 Å². The van der Waals surface area contributed by atoms with Crippen molar-refractivity contribution in [3.8, 4) is 0 Å². The average Bonchev–Trinajstić information content (AvgIpc) is 1.69. The van der Waals surface area contributed by atoms with Crippen molar-refractivity contribution in [3.05, 3.63) is 4.91 Å². The standard InChI is InChI=1S/C4H9NO2.C2H6/c1-4(2,3)7-5-6;1-2/h1-3H3;1-2H3. The summed E-state index contributed by atoms with van der Waals surface area (Å²) in [7, 11) is 0. The molecular weight excluding hydrogens is 118 g/mol. The van der Waals surface area contributed by atoms with Gasteiger partial charge in [0, 0.05) is 0 Å². The molecule has 0 saturated carbocycles. The second-order valence-electron chi connectivity index (χ2n) is 2.28. The van der Waals surface area contributed by atoms with E-state index in [-0.39, 0.29) is 0 Å². The first-order valence-electron chi connectivity index (χ1n) is 3.07. The summed E-state index contributed by atoms with van der Waals surface area (Å²) in [6.45, 7) is 9.27. The minimum absolute atomic E-state index is 0.429. The Balaban J connectivity index is 0. The SMILES string of the molecule is CC.CC(C)(C)ON=O. The molecule has 3 nitrogen and oxygen atoms in total. The summed E-state index contributed by atoms with van der Waals surface area (Å²) in [5.74, 6) is 0. The van der Waals surface area contributed by atoms with E-state index in [1.165, 1.54) is 0 Å². The van der Waals surface area contributed by atoms with Gasteiger partial charge >= 0.3 is 0 Å². The number of hydrogen-bond donors (Lipinski definition) is 0. The van der Waals surface area contributed by atoms with Crippen LogP contribution in [0.5, 0.6) is 0 Å². The lowest BCUT2D eigenvalue weighted by Crippen LogP contribution is -2.14. The minimum Gasteiger partial charge on any atom is -0.358 e. The quantitative estimate of drug-likeness (QED) is 0.407. The highest BCUT2D eigenvalue weighted by atomic mass is 16.7. The summed E-state index contributed by atoms with van der Waals surface area (Å²) < 4.78 is 0. The fourth-order valence-electron chi connectivity index (χ4n) is 0.112. The highest BCUT2D eigenvalue weighted by Crippen LogP contribution is 2.05. The summed E-state index contributed by atoms with van der Waals surface area (Å²) >= 11 is 0. The lowest BCUT2D eigenvalue weighted by molar-refractivity contribution is -0.00229. The summed E-state index contributed by atoms with van der Waals surface area (Å²) in [6.07, 6.45) is 0. The number of rotatable bonds is 1. The molecule has 0 bridgehead atoms. The molecule has 0 saturated heterocycles. The van der Waals surface area contributed by atoms with Gasteiger partial charge in [0.05, 0.1) is 0 Å². The largest absolute Gasteiger partial charge is 0.358 e. The van der Waals surface area contributed by atoms with Crippen LogP contribution < -0.4 is 0 Å². The molecule has 56 valence electrons. The summed E-state index contributed by atoms with van der Waals surface area (Å²) in [6, 6.07) is 0. The summed E-state index contributed by atoms with van der Waals surface area (Å²) in [5, 5.41) is 2.26. The predicted molar refractivity (Wildman–Crippen MR) is 38.0 cm³/mol. The van der Waals surface area contributed by atoms with Crippen molar-refractivity contribution in [1.29, 1.82) is 0 Å². The highest BCUT2D eigenvalue weighted by Gasteiger charge is 2.09. The Morgan fingerprint density at radius 2 is 1.56 bits per heavy atom. The third-order valence-corrected chi connectivity index (χ3v) is 0.311. The molecular formula is C6H15NO2. The van der Waals surface area contributed by atoms with Crippen molar-refractivity contribution in [3.63, 3.8) is 0 Å². The molecule has 3 heteroatoms. The molecule has 0 heterocycles. The summed E-state index contributed by atoms with van der Waals surface area (Å²) in [5.41, 5.74) is -0.429. The fourth-order valence-corrected chi connectivity index (χ4v) is 0.112.